The van der Waals surface area contributed by atoms with Crippen molar-refractivity contribution >= 4 is 34.1 Å². The van der Waals surface area contributed by atoms with Crippen LogP contribution in [-0.4, -0.2) is 88.1 Å². The van der Waals surface area contributed by atoms with Gasteiger partial charge in [0.25, 0.3) is 0 Å². The zero-order chi connectivity index (χ0) is 42.2. The Morgan fingerprint density at radius 2 is 1.78 bits per heavy atom. The van der Waals surface area contributed by atoms with Crippen LogP contribution in [0.15, 0.2) is 28.6 Å². The largest absolute Gasteiger partial charge is 0.492 e. The standard InChI is InChI=1S/C45H57F2N3O8/c1-22-18-30-29-13-10-26-19-28(51)14-15-42(26,7)44(29,47)31(52)20-43(30,8)45(22,56)40(55)41(5,6)58-39(54)33-25(4)50(27-11-12-27)35-32(37(33)53)24(3)34(46)36(38(35)57-9)49-17-16-48-23(2)21-49/h14-15,19,22-23,27,29-31,48,52,56H,10-13,16-18,20-21H2,1-9H3/t22-,23?,29-,30-,31-,42-,43-,44-,45-/m0/s1. The van der Waals surface area contributed by atoms with Crippen LogP contribution in [0, 0.1) is 48.2 Å². The molecule has 9 atom stereocenters. The third kappa shape index (κ3) is 5.30. The Bertz CT molecular complexity index is 2280. The van der Waals surface area contributed by atoms with E-state index in [9.17, 15) is 29.4 Å². The number of aliphatic hydroxyl groups is 2. The Labute approximate surface area is 337 Å². The summed E-state index contributed by atoms with van der Waals surface area (Å²) in [7, 11) is 1.45. The first-order chi connectivity index (χ1) is 27.1. The third-order valence-corrected chi connectivity index (χ3v) is 15.5. The lowest BCUT2D eigenvalue weighted by Gasteiger charge is -2.62. The Hall–Kier alpha value is -3.94. The molecule has 5 fully saturated rings. The molecule has 0 spiro atoms. The van der Waals surface area contributed by atoms with Crippen LogP contribution in [0.5, 0.6) is 5.75 Å². The number of ether oxygens (including phenoxy) is 2. The summed E-state index contributed by atoms with van der Waals surface area (Å²) >= 11 is 0. The maximum Gasteiger partial charge on any atom is 0.344 e. The molecule has 13 heteroatoms. The average Bonchev–Trinajstić information content (AvgIpc) is 3.97. The van der Waals surface area contributed by atoms with E-state index in [0.717, 1.165) is 12.8 Å². The van der Waals surface area contributed by atoms with Crippen molar-refractivity contribution in [2.45, 2.75) is 129 Å². The number of ketones is 2. The van der Waals surface area contributed by atoms with E-state index in [-0.39, 0.29) is 58.7 Å². The number of piperazine rings is 1. The molecule has 4 saturated carbocycles. The molecular weight excluding hydrogens is 749 g/mol. The number of aromatic nitrogens is 1. The Morgan fingerprint density at radius 3 is 2.41 bits per heavy atom. The smallest absolute Gasteiger partial charge is 0.344 e. The van der Waals surface area contributed by atoms with E-state index >= 15 is 8.78 Å². The summed E-state index contributed by atoms with van der Waals surface area (Å²) < 4.78 is 48.2. The topological polar surface area (TPSA) is 147 Å². The zero-order valence-electron chi connectivity index (χ0n) is 35.1. The molecule has 1 aromatic carbocycles. The molecule has 0 bridgehead atoms. The van der Waals surface area contributed by atoms with E-state index in [2.05, 4.69) is 5.32 Å². The molecule has 11 nitrogen and oxygen atoms in total. The number of esters is 1. The number of anilines is 1. The Balaban J connectivity index is 1.16. The highest BCUT2D eigenvalue weighted by Gasteiger charge is 2.76. The van der Waals surface area contributed by atoms with E-state index in [0.29, 0.717) is 49.3 Å². The highest BCUT2D eigenvalue weighted by atomic mass is 19.1. The number of aryl methyl sites for hydroxylation is 1. The minimum Gasteiger partial charge on any atom is -0.492 e. The number of Topliss-reactive ketones (excluding diaryl/α,β-unsaturated/α-hetero) is 1. The summed E-state index contributed by atoms with van der Waals surface area (Å²) in [4.78, 5) is 58.2. The predicted molar refractivity (Wildman–Crippen MR) is 214 cm³/mol. The number of aliphatic hydroxyl groups excluding tert-OH is 1. The van der Waals surface area contributed by atoms with Crippen LogP contribution in [0.2, 0.25) is 0 Å². The van der Waals surface area contributed by atoms with Gasteiger partial charge in [-0.1, -0.05) is 25.5 Å². The average molecular weight is 806 g/mol. The van der Waals surface area contributed by atoms with Crippen LogP contribution in [0.3, 0.4) is 0 Å². The molecule has 1 saturated heterocycles. The van der Waals surface area contributed by atoms with Crippen molar-refractivity contribution in [3.05, 3.63) is 56.7 Å². The van der Waals surface area contributed by atoms with Gasteiger partial charge < -0.3 is 34.5 Å². The van der Waals surface area contributed by atoms with Crippen molar-refractivity contribution in [2.75, 3.05) is 31.6 Å². The first-order valence-electron chi connectivity index (χ1n) is 20.8. The number of alkyl halides is 1. The van der Waals surface area contributed by atoms with Gasteiger partial charge in [-0.2, -0.15) is 0 Å². The van der Waals surface area contributed by atoms with Crippen LogP contribution in [0.25, 0.3) is 10.9 Å². The SMILES string of the molecule is COc1c(N2CCNC(C)C2)c(F)c(C)c2c(=O)c(C(=O)OC(C)(C)C(=O)[C@@]3(O)[C@@H](C)C[C@H]4[C@@H]5CCC6=CC(=O)C=C[C@]6(C)[C@@]5(F)[C@@H](O)C[C@@]43C)c(C)n(C3CC3)c12. The van der Waals surface area contributed by atoms with Gasteiger partial charge in [0.05, 0.1) is 24.1 Å². The van der Waals surface area contributed by atoms with Crippen molar-refractivity contribution in [1.82, 2.24) is 9.88 Å². The van der Waals surface area contributed by atoms with Crippen LogP contribution >= 0.6 is 0 Å². The molecule has 3 N–H and O–H groups in total. The van der Waals surface area contributed by atoms with Gasteiger partial charge in [0, 0.05) is 59.7 Å². The molecule has 0 amide bonds. The number of rotatable bonds is 7. The van der Waals surface area contributed by atoms with Gasteiger partial charge in [0.1, 0.15) is 16.9 Å². The highest BCUT2D eigenvalue weighted by Crippen LogP contribution is 2.71. The minimum atomic E-state index is -2.16. The minimum absolute atomic E-state index is 0.00415. The number of benzene rings is 1. The second kappa shape index (κ2) is 13.3. The van der Waals surface area contributed by atoms with Crippen LogP contribution < -0.4 is 20.4 Å². The molecule has 1 aromatic heterocycles. The number of allylic oxidation sites excluding steroid dienone is 4. The monoisotopic (exact) mass is 805 g/mol. The Morgan fingerprint density at radius 1 is 1.09 bits per heavy atom. The van der Waals surface area contributed by atoms with Crippen molar-refractivity contribution in [1.29, 1.82) is 0 Å². The summed E-state index contributed by atoms with van der Waals surface area (Å²) in [5.41, 5.74) is -8.28. The quantitative estimate of drug-likeness (QED) is 0.296. The summed E-state index contributed by atoms with van der Waals surface area (Å²) in [5.74, 6) is -4.50. The number of hydrogen-bond acceptors (Lipinski definition) is 10. The van der Waals surface area contributed by atoms with E-state index < -0.39 is 74.6 Å². The van der Waals surface area contributed by atoms with Crippen molar-refractivity contribution in [3.8, 4) is 5.75 Å². The van der Waals surface area contributed by atoms with E-state index in [4.69, 9.17) is 9.47 Å². The molecule has 1 aliphatic heterocycles. The second-order valence-electron chi connectivity index (χ2n) is 19.1. The Kier molecular flexibility index (Phi) is 9.35. The fourth-order valence-corrected chi connectivity index (χ4v) is 12.3. The van der Waals surface area contributed by atoms with Crippen LogP contribution in [-0.2, 0) is 14.3 Å². The number of hydrogen-bond donors (Lipinski definition) is 3. The fourth-order valence-electron chi connectivity index (χ4n) is 12.3. The zero-order valence-corrected chi connectivity index (χ0v) is 35.1. The second-order valence-corrected chi connectivity index (χ2v) is 19.1. The maximum atomic E-state index is 17.8. The van der Waals surface area contributed by atoms with Gasteiger partial charge in [0.2, 0.25) is 11.2 Å². The normalized spacial score (nSPS) is 35.9. The summed E-state index contributed by atoms with van der Waals surface area (Å²) in [6.07, 6.45) is 5.09. The van der Waals surface area contributed by atoms with Crippen LogP contribution in [0.4, 0.5) is 14.5 Å². The lowest BCUT2D eigenvalue weighted by molar-refractivity contribution is -0.223. The van der Waals surface area contributed by atoms with Crippen molar-refractivity contribution in [2.24, 2.45) is 28.6 Å². The fraction of sp³-hybridized carbons (Fsp3) is 0.644. The lowest BCUT2D eigenvalue weighted by Crippen LogP contribution is -2.70. The molecule has 58 heavy (non-hydrogen) atoms. The van der Waals surface area contributed by atoms with Gasteiger partial charge in [-0.05, 0) is 104 Å². The van der Waals surface area contributed by atoms with E-state index in [1.807, 2.05) is 16.4 Å². The van der Waals surface area contributed by atoms with E-state index in [1.54, 1.807) is 33.8 Å². The van der Waals surface area contributed by atoms with Gasteiger partial charge in [-0.3, -0.25) is 14.4 Å². The molecule has 0 radical (unpaired) electrons. The highest BCUT2D eigenvalue weighted by molar-refractivity contribution is 6.03. The number of nitrogens with zero attached hydrogens (tertiary/aromatic N) is 2. The van der Waals surface area contributed by atoms with Gasteiger partial charge in [-0.15, -0.1) is 0 Å². The number of carbonyl (C=O) groups is 3. The summed E-state index contributed by atoms with van der Waals surface area (Å²) in [6.45, 7) is 14.8. The number of carbonyl (C=O) groups excluding carboxylic acids is 3. The number of pyridine rings is 1. The van der Waals surface area contributed by atoms with Crippen LogP contribution in [0.1, 0.15) is 108 Å². The first-order valence-corrected chi connectivity index (χ1v) is 20.8. The number of methoxy groups -OCH3 is 1. The van der Waals surface area contributed by atoms with Crippen molar-refractivity contribution in [3.63, 3.8) is 0 Å². The predicted octanol–water partition coefficient (Wildman–Crippen LogP) is 5.75. The van der Waals surface area contributed by atoms with Gasteiger partial charge >= 0.3 is 5.97 Å². The molecule has 2 aromatic rings. The molecule has 1 unspecified atom stereocenters. The third-order valence-electron chi connectivity index (χ3n) is 15.5. The molecule has 5 aliphatic carbocycles. The molecule has 314 valence electrons. The summed E-state index contributed by atoms with van der Waals surface area (Å²) in [6, 6.07) is 0.000308. The molecular formula is C45H57F2N3O8. The lowest BCUT2D eigenvalue weighted by atomic mass is 9.44. The van der Waals surface area contributed by atoms with Crippen molar-refractivity contribution < 1.29 is 42.9 Å². The molecule has 8 rings (SSSR count). The first kappa shape index (κ1) is 40.8. The van der Waals surface area contributed by atoms with Gasteiger partial charge in [0.15, 0.2) is 28.6 Å². The number of nitrogens with one attached hydrogen (secondary N) is 1. The molecule has 2 heterocycles. The maximum absolute atomic E-state index is 17.8. The number of fused-ring (bicyclic) bond motifs is 6. The number of halogens is 2. The molecule has 6 aliphatic rings. The summed E-state index contributed by atoms with van der Waals surface area (Å²) in [5, 5.41) is 28.0. The van der Waals surface area contributed by atoms with Gasteiger partial charge in [-0.25, -0.2) is 13.6 Å². The van der Waals surface area contributed by atoms with E-state index in [1.165, 1.54) is 40.0 Å².